The third kappa shape index (κ3) is 4.90. The van der Waals surface area contributed by atoms with Crippen LogP contribution in [0.4, 0.5) is 0 Å². The highest BCUT2D eigenvalue weighted by Gasteiger charge is 2.13. The Morgan fingerprint density at radius 3 is 2.41 bits per heavy atom. The number of hydrazone groups is 1. The van der Waals surface area contributed by atoms with Crippen LogP contribution in [0.25, 0.3) is 0 Å². The van der Waals surface area contributed by atoms with Crippen molar-refractivity contribution in [3.63, 3.8) is 0 Å². The van der Waals surface area contributed by atoms with E-state index in [1.54, 1.807) is 0 Å². The molecule has 1 N–H and O–H groups in total. The summed E-state index contributed by atoms with van der Waals surface area (Å²) in [6.45, 7) is 3.72. The summed E-state index contributed by atoms with van der Waals surface area (Å²) in [4.78, 5) is 13.1. The lowest BCUT2D eigenvalue weighted by atomic mass is 10.1. The Balaban J connectivity index is 1.92. The first-order valence-corrected chi connectivity index (χ1v) is 8.14. The molecule has 0 radical (unpaired) electrons. The second-order valence-electron chi connectivity index (χ2n) is 4.75. The van der Waals surface area contributed by atoms with Gasteiger partial charge in [0.05, 0.1) is 11.0 Å². The highest BCUT2D eigenvalue weighted by atomic mass is 35.5. The first kappa shape index (κ1) is 16.6. The highest BCUT2D eigenvalue weighted by Crippen LogP contribution is 2.24. The van der Waals surface area contributed by atoms with Crippen LogP contribution in [0.3, 0.4) is 0 Å². The Morgan fingerprint density at radius 1 is 1.14 bits per heavy atom. The lowest BCUT2D eigenvalue weighted by Gasteiger charge is -2.10. The van der Waals surface area contributed by atoms with Gasteiger partial charge in [0.2, 0.25) is 0 Å². The van der Waals surface area contributed by atoms with Gasteiger partial charge in [-0.25, -0.2) is 5.43 Å². The van der Waals surface area contributed by atoms with Crippen molar-refractivity contribution in [2.75, 3.05) is 0 Å². The van der Waals surface area contributed by atoms with Crippen LogP contribution >= 0.6 is 23.4 Å². The average Bonchev–Trinajstić information content (AvgIpc) is 2.55. The number of carbonyl (C=O) groups excluding carboxylic acids is 1. The Kier molecular flexibility index (Phi) is 6.04. The summed E-state index contributed by atoms with van der Waals surface area (Å²) in [6, 6.07) is 17.2. The van der Waals surface area contributed by atoms with Crippen molar-refractivity contribution in [1.82, 2.24) is 5.43 Å². The highest BCUT2D eigenvalue weighted by molar-refractivity contribution is 8.00. The Labute approximate surface area is 139 Å². The molecule has 5 heteroatoms. The summed E-state index contributed by atoms with van der Waals surface area (Å²) in [5, 5.41) is 4.60. The van der Waals surface area contributed by atoms with Crippen LogP contribution in [0.15, 0.2) is 64.6 Å². The standard InChI is InChI=1S/C17H17ClN2OS/c1-12(14-6-4-3-5-7-14)19-20-17(21)13(2)22-16-10-8-15(18)9-11-16/h3-11,13H,1-2H3,(H,20,21)/b19-12-/t13-/m0/s1. The molecule has 22 heavy (non-hydrogen) atoms. The topological polar surface area (TPSA) is 41.5 Å². The Morgan fingerprint density at radius 2 is 1.77 bits per heavy atom. The Hall–Kier alpha value is -1.78. The summed E-state index contributed by atoms with van der Waals surface area (Å²) in [6.07, 6.45) is 0. The number of amides is 1. The normalized spacial score (nSPS) is 12.8. The fourth-order valence-corrected chi connectivity index (χ4v) is 2.73. The van der Waals surface area contributed by atoms with Crippen molar-refractivity contribution in [2.24, 2.45) is 5.10 Å². The quantitative estimate of drug-likeness (QED) is 0.502. The number of hydrogen-bond donors (Lipinski definition) is 1. The largest absolute Gasteiger partial charge is 0.272 e. The lowest BCUT2D eigenvalue weighted by molar-refractivity contribution is -0.120. The zero-order chi connectivity index (χ0) is 15.9. The molecule has 0 aromatic heterocycles. The summed E-state index contributed by atoms with van der Waals surface area (Å²) in [5.41, 5.74) is 4.38. The third-order valence-corrected chi connectivity index (χ3v) is 4.39. The van der Waals surface area contributed by atoms with E-state index >= 15 is 0 Å². The monoisotopic (exact) mass is 332 g/mol. The number of thioether (sulfide) groups is 1. The molecule has 0 unspecified atom stereocenters. The molecule has 0 aliphatic heterocycles. The summed E-state index contributed by atoms with van der Waals surface area (Å²) < 4.78 is 0. The van der Waals surface area contributed by atoms with E-state index in [-0.39, 0.29) is 11.2 Å². The number of nitrogens with zero attached hydrogens (tertiary/aromatic N) is 1. The first-order chi connectivity index (χ1) is 10.6. The van der Waals surface area contributed by atoms with Crippen LogP contribution in [0.5, 0.6) is 0 Å². The van der Waals surface area contributed by atoms with Crippen molar-refractivity contribution in [1.29, 1.82) is 0 Å². The molecule has 2 aromatic carbocycles. The number of rotatable bonds is 5. The number of halogens is 1. The van der Waals surface area contributed by atoms with Crippen LogP contribution in [0.1, 0.15) is 19.4 Å². The van der Waals surface area contributed by atoms with Crippen molar-refractivity contribution in [3.8, 4) is 0 Å². The zero-order valence-electron chi connectivity index (χ0n) is 12.4. The van der Waals surface area contributed by atoms with Gasteiger partial charge in [-0.15, -0.1) is 11.8 Å². The van der Waals surface area contributed by atoms with Crippen molar-refractivity contribution in [2.45, 2.75) is 24.0 Å². The molecule has 0 saturated carbocycles. The Bertz CT molecular complexity index is 656. The summed E-state index contributed by atoms with van der Waals surface area (Å²) in [7, 11) is 0. The van der Waals surface area contributed by atoms with E-state index in [2.05, 4.69) is 10.5 Å². The maximum absolute atomic E-state index is 12.1. The molecule has 0 heterocycles. The van der Waals surface area contributed by atoms with Crippen LogP contribution in [-0.4, -0.2) is 16.9 Å². The van der Waals surface area contributed by atoms with Gasteiger partial charge in [0.1, 0.15) is 0 Å². The average molecular weight is 333 g/mol. The molecular weight excluding hydrogens is 316 g/mol. The van der Waals surface area contributed by atoms with Crippen LogP contribution in [-0.2, 0) is 4.79 Å². The van der Waals surface area contributed by atoms with E-state index in [0.29, 0.717) is 5.02 Å². The molecular formula is C17H17ClN2OS. The predicted molar refractivity (Wildman–Crippen MR) is 93.6 cm³/mol. The lowest BCUT2D eigenvalue weighted by Crippen LogP contribution is -2.27. The van der Waals surface area contributed by atoms with Gasteiger partial charge in [-0.1, -0.05) is 41.9 Å². The van der Waals surface area contributed by atoms with Gasteiger partial charge in [0, 0.05) is 9.92 Å². The van der Waals surface area contributed by atoms with Crippen LogP contribution < -0.4 is 5.43 Å². The molecule has 0 fully saturated rings. The number of hydrogen-bond acceptors (Lipinski definition) is 3. The van der Waals surface area contributed by atoms with Gasteiger partial charge in [-0.2, -0.15) is 5.10 Å². The maximum atomic E-state index is 12.1. The molecule has 0 saturated heterocycles. The van der Waals surface area contributed by atoms with Gasteiger partial charge in [0.15, 0.2) is 0 Å². The minimum Gasteiger partial charge on any atom is -0.272 e. The van der Waals surface area contributed by atoms with Crippen molar-refractivity contribution in [3.05, 3.63) is 65.2 Å². The van der Waals surface area contributed by atoms with E-state index in [9.17, 15) is 4.79 Å². The fourth-order valence-electron chi connectivity index (χ4n) is 1.74. The van der Waals surface area contributed by atoms with Gasteiger partial charge in [-0.3, -0.25) is 4.79 Å². The maximum Gasteiger partial charge on any atom is 0.253 e. The molecule has 0 bridgehead atoms. The molecule has 0 aliphatic carbocycles. The molecule has 1 amide bonds. The van der Waals surface area contributed by atoms with E-state index < -0.39 is 0 Å². The second kappa shape index (κ2) is 8.01. The van der Waals surface area contributed by atoms with Crippen molar-refractivity contribution < 1.29 is 4.79 Å². The molecule has 2 rings (SSSR count). The van der Waals surface area contributed by atoms with E-state index in [0.717, 1.165) is 16.2 Å². The van der Waals surface area contributed by atoms with Crippen LogP contribution in [0.2, 0.25) is 5.02 Å². The molecule has 1 atom stereocenters. The van der Waals surface area contributed by atoms with Crippen molar-refractivity contribution >= 4 is 35.0 Å². The zero-order valence-corrected chi connectivity index (χ0v) is 14.0. The van der Waals surface area contributed by atoms with Crippen LogP contribution in [0, 0.1) is 0 Å². The van der Waals surface area contributed by atoms with E-state index in [1.807, 2.05) is 68.4 Å². The van der Waals surface area contributed by atoms with Gasteiger partial charge < -0.3 is 0 Å². The fraction of sp³-hybridized carbons (Fsp3) is 0.176. The predicted octanol–water partition coefficient (Wildman–Crippen LogP) is 4.36. The van der Waals surface area contributed by atoms with Gasteiger partial charge >= 0.3 is 0 Å². The van der Waals surface area contributed by atoms with E-state index in [4.69, 9.17) is 11.6 Å². The smallest absolute Gasteiger partial charge is 0.253 e. The minimum absolute atomic E-state index is 0.129. The second-order valence-corrected chi connectivity index (χ2v) is 6.60. The SMILES string of the molecule is C/C(=N/NC(=O)[C@H](C)Sc1ccc(Cl)cc1)c1ccccc1. The summed E-state index contributed by atoms with van der Waals surface area (Å²) >= 11 is 7.32. The minimum atomic E-state index is -0.242. The number of benzene rings is 2. The number of carbonyl (C=O) groups is 1. The van der Waals surface area contributed by atoms with Gasteiger partial charge in [-0.05, 0) is 43.7 Å². The number of nitrogens with one attached hydrogen (secondary N) is 1. The molecule has 0 spiro atoms. The molecule has 114 valence electrons. The third-order valence-electron chi connectivity index (χ3n) is 3.02. The van der Waals surface area contributed by atoms with E-state index in [1.165, 1.54) is 11.8 Å². The van der Waals surface area contributed by atoms with Gasteiger partial charge in [0.25, 0.3) is 5.91 Å². The molecule has 3 nitrogen and oxygen atoms in total. The molecule has 0 aliphatic rings. The molecule has 2 aromatic rings. The first-order valence-electron chi connectivity index (χ1n) is 6.88. The summed E-state index contributed by atoms with van der Waals surface area (Å²) in [5.74, 6) is -0.129.